The average molecular weight is 422 g/mol. The van der Waals surface area contributed by atoms with E-state index < -0.39 is 0 Å². The molecule has 0 amide bonds. The van der Waals surface area contributed by atoms with Gasteiger partial charge in [0, 0.05) is 43.5 Å². The van der Waals surface area contributed by atoms with Crippen LogP contribution in [-0.4, -0.2) is 16.6 Å². The van der Waals surface area contributed by atoms with Gasteiger partial charge in [-0.3, -0.25) is 14.6 Å². The molecule has 0 aliphatic carbocycles. The van der Waals surface area contributed by atoms with Gasteiger partial charge < -0.3 is 0 Å². The number of carbonyl (C=O) groups is 2. The molecule has 0 aliphatic rings. The number of benzene rings is 3. The van der Waals surface area contributed by atoms with Gasteiger partial charge in [0.2, 0.25) is 0 Å². The van der Waals surface area contributed by atoms with Crippen molar-refractivity contribution in [3.8, 4) is 0 Å². The molecule has 0 N–H and O–H groups in total. The lowest BCUT2D eigenvalue weighted by Crippen LogP contribution is -2.05. The number of rotatable bonds is 10. The van der Waals surface area contributed by atoms with Crippen LogP contribution in [0.15, 0.2) is 91.3 Å². The van der Waals surface area contributed by atoms with Crippen LogP contribution in [0.25, 0.3) is 10.8 Å². The molecule has 0 aliphatic heterocycles. The van der Waals surface area contributed by atoms with Crippen molar-refractivity contribution in [2.45, 2.75) is 38.5 Å². The first-order chi connectivity index (χ1) is 15.7. The highest BCUT2D eigenvalue weighted by Gasteiger charge is 2.08. The first-order valence-electron chi connectivity index (χ1n) is 11.1. The molecule has 0 saturated carbocycles. The predicted octanol–water partition coefficient (Wildman–Crippen LogP) is 5.72. The van der Waals surface area contributed by atoms with E-state index in [0.717, 1.165) is 40.3 Å². The number of nitrogens with zero attached hydrogens (tertiary/aromatic N) is 1. The lowest BCUT2D eigenvalue weighted by Gasteiger charge is -2.06. The van der Waals surface area contributed by atoms with Crippen LogP contribution < -0.4 is 0 Å². The zero-order valence-electron chi connectivity index (χ0n) is 18.2. The van der Waals surface area contributed by atoms with Crippen molar-refractivity contribution < 1.29 is 9.59 Å². The highest BCUT2D eigenvalue weighted by molar-refractivity contribution is 5.85. The fraction of sp³-hybridized carbons (Fsp3) is 0.207. The molecule has 32 heavy (non-hydrogen) atoms. The molecule has 1 aromatic heterocycles. The van der Waals surface area contributed by atoms with E-state index in [-0.39, 0.29) is 11.6 Å². The lowest BCUT2D eigenvalue weighted by atomic mass is 9.99. The van der Waals surface area contributed by atoms with Crippen molar-refractivity contribution in [3.05, 3.63) is 114 Å². The fourth-order valence-corrected chi connectivity index (χ4v) is 3.91. The van der Waals surface area contributed by atoms with Crippen molar-refractivity contribution in [2.75, 3.05) is 0 Å². The van der Waals surface area contributed by atoms with Gasteiger partial charge in [-0.2, -0.15) is 0 Å². The highest BCUT2D eigenvalue weighted by atomic mass is 16.1. The van der Waals surface area contributed by atoms with Crippen LogP contribution in [0.5, 0.6) is 0 Å². The fourth-order valence-electron chi connectivity index (χ4n) is 3.91. The minimum Gasteiger partial charge on any atom is -0.299 e. The number of aromatic nitrogens is 1. The summed E-state index contributed by atoms with van der Waals surface area (Å²) in [4.78, 5) is 28.9. The Kier molecular flexibility index (Phi) is 7.19. The molecular weight excluding hydrogens is 394 g/mol. The Morgan fingerprint density at radius 3 is 1.91 bits per heavy atom. The third kappa shape index (κ3) is 6.21. The molecule has 3 aromatic carbocycles. The summed E-state index contributed by atoms with van der Waals surface area (Å²) in [6.45, 7) is 0. The van der Waals surface area contributed by atoms with Gasteiger partial charge in [-0.15, -0.1) is 0 Å². The number of fused-ring (bicyclic) bond motifs is 1. The second-order valence-corrected chi connectivity index (χ2v) is 8.29. The lowest BCUT2D eigenvalue weighted by molar-refractivity contribution is -0.119. The summed E-state index contributed by atoms with van der Waals surface area (Å²) < 4.78 is 0. The molecule has 0 bridgehead atoms. The minimum atomic E-state index is 0.235. The molecule has 0 radical (unpaired) electrons. The Morgan fingerprint density at radius 2 is 1.19 bits per heavy atom. The Balaban J connectivity index is 1.23. The molecule has 160 valence electrons. The van der Waals surface area contributed by atoms with E-state index in [4.69, 9.17) is 0 Å². The molecule has 0 saturated heterocycles. The molecule has 3 heteroatoms. The summed E-state index contributed by atoms with van der Waals surface area (Å²) in [5.74, 6) is 0.488. The van der Waals surface area contributed by atoms with Gasteiger partial charge in [0.1, 0.15) is 11.6 Å². The minimum absolute atomic E-state index is 0.235. The quantitative estimate of drug-likeness (QED) is 0.329. The number of hydrogen-bond donors (Lipinski definition) is 0. The van der Waals surface area contributed by atoms with E-state index in [1.165, 1.54) is 5.56 Å². The monoisotopic (exact) mass is 421 g/mol. The van der Waals surface area contributed by atoms with Crippen molar-refractivity contribution in [1.29, 1.82) is 0 Å². The number of carbonyl (C=O) groups excluding carboxylic acids is 2. The summed E-state index contributed by atoms with van der Waals surface area (Å²) in [5.41, 5.74) is 4.40. The van der Waals surface area contributed by atoms with Crippen LogP contribution in [-0.2, 0) is 35.3 Å². The number of Topliss-reactive ketones (excluding diaryl/α,β-unsaturated/α-hetero) is 2. The van der Waals surface area contributed by atoms with E-state index in [1.807, 2.05) is 66.9 Å². The molecule has 4 rings (SSSR count). The summed E-state index contributed by atoms with van der Waals surface area (Å²) in [5, 5.41) is 2.20. The zero-order chi connectivity index (χ0) is 22.2. The van der Waals surface area contributed by atoms with E-state index in [0.29, 0.717) is 25.7 Å². The van der Waals surface area contributed by atoms with Crippen LogP contribution >= 0.6 is 0 Å². The molecule has 0 fully saturated rings. The van der Waals surface area contributed by atoms with E-state index in [1.54, 1.807) is 6.20 Å². The molecule has 0 spiro atoms. The van der Waals surface area contributed by atoms with E-state index >= 15 is 0 Å². The topological polar surface area (TPSA) is 47.0 Å². The van der Waals surface area contributed by atoms with Crippen molar-refractivity contribution >= 4 is 22.3 Å². The Bertz CT molecular complexity index is 1200. The molecular formula is C29H27NO2. The summed E-state index contributed by atoms with van der Waals surface area (Å²) in [6, 6.07) is 26.3. The number of ketones is 2. The third-order valence-corrected chi connectivity index (χ3v) is 5.76. The van der Waals surface area contributed by atoms with Crippen LogP contribution in [0.3, 0.4) is 0 Å². The van der Waals surface area contributed by atoms with Gasteiger partial charge in [-0.25, -0.2) is 0 Å². The maximum atomic E-state index is 12.5. The molecule has 0 unspecified atom stereocenters. The van der Waals surface area contributed by atoms with Crippen LogP contribution in [0, 0.1) is 0 Å². The van der Waals surface area contributed by atoms with Crippen LogP contribution in [0.4, 0.5) is 0 Å². The Hall–Kier alpha value is -3.59. The smallest absolute Gasteiger partial charge is 0.137 e. The maximum Gasteiger partial charge on any atom is 0.137 e. The third-order valence-electron chi connectivity index (χ3n) is 5.76. The molecule has 3 nitrogen and oxygen atoms in total. The van der Waals surface area contributed by atoms with Crippen molar-refractivity contribution in [2.24, 2.45) is 0 Å². The average Bonchev–Trinajstić information content (AvgIpc) is 2.83. The summed E-state index contributed by atoms with van der Waals surface area (Å²) in [7, 11) is 0. The number of aryl methyl sites for hydroxylation is 2. The SMILES string of the molecule is O=C(CCc1ccccc1)Cc1ccc(CCC(=O)Cc2ccc3cnccc3c2)cc1. The standard InChI is InChI=1S/C29H27NO2/c31-28(14-11-22-4-2-1-3-5-22)19-24-8-6-23(7-9-24)12-15-29(32)20-25-10-13-27-21-30-17-16-26(27)18-25/h1-10,13,16-18,21H,11-12,14-15,19-20H2. The van der Waals surface area contributed by atoms with Crippen LogP contribution in [0.2, 0.25) is 0 Å². The van der Waals surface area contributed by atoms with Gasteiger partial charge >= 0.3 is 0 Å². The van der Waals surface area contributed by atoms with Crippen molar-refractivity contribution in [1.82, 2.24) is 4.98 Å². The first kappa shape index (κ1) is 21.6. The second-order valence-electron chi connectivity index (χ2n) is 8.29. The first-order valence-corrected chi connectivity index (χ1v) is 11.1. The number of pyridine rings is 1. The normalized spacial score (nSPS) is 10.9. The van der Waals surface area contributed by atoms with E-state index in [2.05, 4.69) is 23.2 Å². The Morgan fingerprint density at radius 1 is 0.594 bits per heavy atom. The number of hydrogen-bond acceptors (Lipinski definition) is 3. The Labute approximate surface area is 189 Å². The zero-order valence-corrected chi connectivity index (χ0v) is 18.2. The highest BCUT2D eigenvalue weighted by Crippen LogP contribution is 2.16. The molecule has 4 aromatic rings. The molecule has 0 atom stereocenters. The van der Waals surface area contributed by atoms with Gasteiger partial charge in [0.05, 0.1) is 0 Å². The van der Waals surface area contributed by atoms with Gasteiger partial charge in [0.15, 0.2) is 0 Å². The van der Waals surface area contributed by atoms with Gasteiger partial charge in [-0.05, 0) is 46.5 Å². The largest absolute Gasteiger partial charge is 0.299 e. The summed E-state index contributed by atoms with van der Waals surface area (Å²) in [6.07, 6.45) is 7.10. The second kappa shape index (κ2) is 10.6. The molecule has 1 heterocycles. The van der Waals surface area contributed by atoms with Gasteiger partial charge in [-0.1, -0.05) is 72.8 Å². The van der Waals surface area contributed by atoms with E-state index in [9.17, 15) is 9.59 Å². The van der Waals surface area contributed by atoms with Crippen molar-refractivity contribution in [3.63, 3.8) is 0 Å². The predicted molar refractivity (Wildman–Crippen MR) is 129 cm³/mol. The van der Waals surface area contributed by atoms with Gasteiger partial charge in [0.25, 0.3) is 0 Å². The summed E-state index contributed by atoms with van der Waals surface area (Å²) >= 11 is 0. The maximum absolute atomic E-state index is 12.5. The van der Waals surface area contributed by atoms with Crippen LogP contribution in [0.1, 0.15) is 35.1 Å².